The number of nitrogens with one attached hydrogen (secondary N) is 1. The number of hydrogen-bond acceptors (Lipinski definition) is 3. The maximum absolute atomic E-state index is 12.3. The number of para-hydroxylation sites is 2. The third-order valence-corrected chi connectivity index (χ3v) is 3.91. The highest BCUT2D eigenvalue weighted by atomic mass is 79.9. The minimum absolute atomic E-state index is 0.168. The molecule has 0 saturated heterocycles. The van der Waals surface area contributed by atoms with Crippen LogP contribution in [0.15, 0.2) is 46.9 Å². The topological polar surface area (TPSA) is 47.6 Å². The Balaban J connectivity index is 1.74. The molecule has 1 atom stereocenters. The number of fused-ring (bicyclic) bond motifs is 1. The highest BCUT2D eigenvalue weighted by Crippen LogP contribution is 2.32. The van der Waals surface area contributed by atoms with Gasteiger partial charge in [0, 0.05) is 9.50 Å². The fourth-order valence-electron chi connectivity index (χ4n) is 1.96. The number of halogens is 2. The molecule has 1 N–H and O–H groups in total. The summed E-state index contributed by atoms with van der Waals surface area (Å²) in [4.78, 5) is 12.3. The average molecular weight is 369 g/mol. The predicted octanol–water partition coefficient (Wildman–Crippen LogP) is 3.88. The van der Waals surface area contributed by atoms with E-state index in [0.29, 0.717) is 22.2 Å². The number of anilines is 1. The molecule has 0 bridgehead atoms. The number of carbonyl (C=O) groups is 1. The molecule has 1 aliphatic heterocycles. The smallest absolute Gasteiger partial charge is 0.269 e. The maximum Gasteiger partial charge on any atom is 0.269 e. The van der Waals surface area contributed by atoms with E-state index in [-0.39, 0.29) is 12.5 Å². The van der Waals surface area contributed by atoms with Gasteiger partial charge in [0.05, 0.1) is 5.69 Å². The van der Waals surface area contributed by atoms with Gasteiger partial charge in [-0.25, -0.2) is 0 Å². The van der Waals surface area contributed by atoms with E-state index >= 15 is 0 Å². The number of carbonyl (C=O) groups excluding carboxylic acids is 1. The Morgan fingerprint density at radius 3 is 2.81 bits per heavy atom. The van der Waals surface area contributed by atoms with Gasteiger partial charge in [0.2, 0.25) is 6.10 Å². The summed E-state index contributed by atoms with van der Waals surface area (Å²) in [7, 11) is 0. The van der Waals surface area contributed by atoms with Gasteiger partial charge in [-0.15, -0.1) is 0 Å². The second kappa shape index (κ2) is 5.95. The molecule has 0 aliphatic carbocycles. The minimum Gasteiger partial charge on any atom is -0.485 e. The summed E-state index contributed by atoms with van der Waals surface area (Å²) in [5, 5.41) is 3.32. The van der Waals surface area contributed by atoms with E-state index in [4.69, 9.17) is 21.1 Å². The van der Waals surface area contributed by atoms with Gasteiger partial charge in [-0.2, -0.15) is 0 Å². The van der Waals surface area contributed by atoms with Crippen molar-refractivity contribution in [2.24, 2.45) is 0 Å². The van der Waals surface area contributed by atoms with Crippen LogP contribution in [0, 0.1) is 0 Å². The van der Waals surface area contributed by atoms with Crippen LogP contribution in [0.2, 0.25) is 5.02 Å². The number of amides is 1. The number of hydrogen-bond donors (Lipinski definition) is 1. The van der Waals surface area contributed by atoms with E-state index in [1.165, 1.54) is 0 Å². The Morgan fingerprint density at radius 1 is 1.24 bits per heavy atom. The Labute approximate surface area is 135 Å². The van der Waals surface area contributed by atoms with Gasteiger partial charge in [-0.3, -0.25) is 4.79 Å². The number of rotatable bonds is 2. The van der Waals surface area contributed by atoms with E-state index < -0.39 is 6.10 Å². The molecule has 0 saturated carbocycles. The van der Waals surface area contributed by atoms with E-state index in [0.717, 1.165) is 4.47 Å². The fourth-order valence-corrected chi connectivity index (χ4v) is 2.47. The molecule has 3 rings (SSSR count). The van der Waals surface area contributed by atoms with Gasteiger partial charge in [0.25, 0.3) is 5.91 Å². The number of benzene rings is 2. The molecule has 1 amide bonds. The molecular weight excluding hydrogens is 358 g/mol. The molecule has 1 heterocycles. The molecule has 108 valence electrons. The zero-order valence-corrected chi connectivity index (χ0v) is 13.1. The van der Waals surface area contributed by atoms with Crippen LogP contribution in [-0.2, 0) is 4.79 Å². The highest BCUT2D eigenvalue weighted by molar-refractivity contribution is 9.10. The summed E-state index contributed by atoms with van der Waals surface area (Å²) in [6.45, 7) is 0.168. The molecule has 1 unspecified atom stereocenters. The highest BCUT2D eigenvalue weighted by Gasteiger charge is 2.27. The van der Waals surface area contributed by atoms with Crippen molar-refractivity contribution in [3.05, 3.63) is 52.0 Å². The maximum atomic E-state index is 12.3. The van der Waals surface area contributed by atoms with Gasteiger partial charge in [-0.05, 0) is 46.3 Å². The summed E-state index contributed by atoms with van der Waals surface area (Å²) in [6, 6.07) is 12.4. The Bertz CT molecular complexity index is 692. The van der Waals surface area contributed by atoms with E-state index in [2.05, 4.69) is 21.2 Å². The van der Waals surface area contributed by atoms with Crippen LogP contribution in [0.4, 0.5) is 5.69 Å². The van der Waals surface area contributed by atoms with Gasteiger partial charge < -0.3 is 14.8 Å². The zero-order valence-electron chi connectivity index (χ0n) is 10.8. The minimum atomic E-state index is -0.703. The SMILES string of the molecule is O=C(Nc1cc(Cl)ccc1Br)C1COc2ccccc2O1. The lowest BCUT2D eigenvalue weighted by Gasteiger charge is -2.25. The molecule has 0 radical (unpaired) electrons. The first-order chi connectivity index (χ1) is 10.1. The van der Waals surface area contributed by atoms with Crippen molar-refractivity contribution in [1.82, 2.24) is 0 Å². The summed E-state index contributed by atoms with van der Waals surface area (Å²) >= 11 is 9.29. The lowest BCUT2D eigenvalue weighted by Crippen LogP contribution is -2.40. The van der Waals surface area contributed by atoms with Crippen LogP contribution in [0.5, 0.6) is 11.5 Å². The molecule has 0 spiro atoms. The van der Waals surface area contributed by atoms with Crippen molar-refractivity contribution in [2.75, 3.05) is 11.9 Å². The Kier molecular flexibility index (Phi) is 4.03. The first-order valence-corrected chi connectivity index (χ1v) is 7.45. The molecular formula is C15H11BrClNO3. The van der Waals surface area contributed by atoms with Crippen LogP contribution in [0.25, 0.3) is 0 Å². The van der Waals surface area contributed by atoms with Crippen molar-refractivity contribution in [3.8, 4) is 11.5 Å². The van der Waals surface area contributed by atoms with Crippen LogP contribution in [0.3, 0.4) is 0 Å². The molecule has 2 aromatic carbocycles. The summed E-state index contributed by atoms with van der Waals surface area (Å²) in [6.07, 6.45) is -0.703. The first kappa shape index (κ1) is 14.2. The third-order valence-electron chi connectivity index (χ3n) is 2.99. The normalized spacial score (nSPS) is 16.4. The van der Waals surface area contributed by atoms with E-state index in [9.17, 15) is 4.79 Å². The van der Waals surface area contributed by atoms with Crippen molar-refractivity contribution in [2.45, 2.75) is 6.10 Å². The van der Waals surface area contributed by atoms with Crippen molar-refractivity contribution >= 4 is 39.1 Å². The molecule has 1 aliphatic rings. The van der Waals surface area contributed by atoms with Crippen LogP contribution in [-0.4, -0.2) is 18.6 Å². The molecule has 2 aromatic rings. The Hall–Kier alpha value is -1.72. The quantitative estimate of drug-likeness (QED) is 0.875. The second-order valence-electron chi connectivity index (χ2n) is 4.48. The predicted molar refractivity (Wildman–Crippen MR) is 84.1 cm³/mol. The molecule has 0 fully saturated rings. The van der Waals surface area contributed by atoms with Gasteiger partial charge in [0.1, 0.15) is 6.61 Å². The second-order valence-corrected chi connectivity index (χ2v) is 5.77. The fraction of sp³-hybridized carbons (Fsp3) is 0.133. The third kappa shape index (κ3) is 3.14. The van der Waals surface area contributed by atoms with Gasteiger partial charge >= 0.3 is 0 Å². The lowest BCUT2D eigenvalue weighted by atomic mass is 10.2. The summed E-state index contributed by atoms with van der Waals surface area (Å²) in [5.74, 6) is 0.923. The standard InChI is InChI=1S/C15H11BrClNO3/c16-10-6-5-9(17)7-11(10)18-15(19)14-8-20-12-3-1-2-4-13(12)21-14/h1-7,14H,8H2,(H,18,19). The zero-order chi connectivity index (χ0) is 14.8. The van der Waals surface area contributed by atoms with Crippen molar-refractivity contribution in [3.63, 3.8) is 0 Å². The molecule has 0 aromatic heterocycles. The van der Waals surface area contributed by atoms with Crippen LogP contribution >= 0.6 is 27.5 Å². The first-order valence-electron chi connectivity index (χ1n) is 6.28. The molecule has 21 heavy (non-hydrogen) atoms. The van der Waals surface area contributed by atoms with Crippen LogP contribution < -0.4 is 14.8 Å². The van der Waals surface area contributed by atoms with Crippen molar-refractivity contribution < 1.29 is 14.3 Å². The number of ether oxygens (including phenoxy) is 2. The molecule has 6 heteroatoms. The monoisotopic (exact) mass is 367 g/mol. The average Bonchev–Trinajstić information content (AvgIpc) is 2.50. The summed E-state index contributed by atoms with van der Waals surface area (Å²) < 4.78 is 11.9. The molecule has 4 nitrogen and oxygen atoms in total. The van der Waals surface area contributed by atoms with E-state index in [1.54, 1.807) is 30.3 Å². The van der Waals surface area contributed by atoms with E-state index in [1.807, 2.05) is 12.1 Å². The lowest BCUT2D eigenvalue weighted by molar-refractivity contribution is -0.125. The van der Waals surface area contributed by atoms with Gasteiger partial charge in [-0.1, -0.05) is 23.7 Å². The van der Waals surface area contributed by atoms with Gasteiger partial charge in [0.15, 0.2) is 11.5 Å². The summed E-state index contributed by atoms with van der Waals surface area (Å²) in [5.41, 5.74) is 0.593. The largest absolute Gasteiger partial charge is 0.485 e. The van der Waals surface area contributed by atoms with Crippen LogP contribution in [0.1, 0.15) is 0 Å². The Morgan fingerprint density at radius 2 is 2.00 bits per heavy atom. The van der Waals surface area contributed by atoms with Crippen molar-refractivity contribution in [1.29, 1.82) is 0 Å².